The van der Waals surface area contributed by atoms with Crippen LogP contribution in [0.1, 0.15) is 12.5 Å². The monoisotopic (exact) mass is 194 g/mol. The van der Waals surface area contributed by atoms with Crippen molar-refractivity contribution >= 4 is 0 Å². The second-order valence-electron chi connectivity index (χ2n) is 3.64. The molecule has 1 aliphatic rings. The minimum atomic E-state index is 0.199. The largest absolute Gasteiger partial charge is 0.454 e. The number of hydrogen-bond acceptors (Lipinski definition) is 3. The second-order valence-corrected chi connectivity index (χ2v) is 3.64. The predicted octanol–water partition coefficient (Wildman–Crippen LogP) is 1.59. The molecule has 0 unspecified atom stereocenters. The normalized spacial score (nSPS) is 15.6. The van der Waals surface area contributed by atoms with Crippen LogP contribution in [0.2, 0.25) is 0 Å². The van der Waals surface area contributed by atoms with Crippen molar-refractivity contribution in [1.82, 2.24) is 0 Å². The molecule has 1 aliphatic heterocycles. The molecule has 0 amide bonds. The van der Waals surface area contributed by atoms with Crippen LogP contribution in [0.15, 0.2) is 18.2 Å². The van der Waals surface area contributed by atoms with E-state index in [4.69, 9.17) is 14.6 Å². The molecule has 1 aromatic rings. The summed E-state index contributed by atoms with van der Waals surface area (Å²) in [5, 5.41) is 8.97. The minimum Gasteiger partial charge on any atom is -0.454 e. The van der Waals surface area contributed by atoms with Gasteiger partial charge in [0.2, 0.25) is 6.79 Å². The Morgan fingerprint density at radius 2 is 2.29 bits per heavy atom. The van der Waals surface area contributed by atoms with E-state index in [1.54, 1.807) is 0 Å². The van der Waals surface area contributed by atoms with Gasteiger partial charge in [0.05, 0.1) is 0 Å². The lowest BCUT2D eigenvalue weighted by molar-refractivity contribution is 0.172. The highest BCUT2D eigenvalue weighted by atomic mass is 16.7. The van der Waals surface area contributed by atoms with Crippen molar-refractivity contribution in [2.45, 2.75) is 13.3 Å². The SMILES string of the molecule is C[C@@H](CO)Cc1cccc2c1OCO2. The van der Waals surface area contributed by atoms with Crippen LogP contribution < -0.4 is 9.47 Å². The van der Waals surface area contributed by atoms with E-state index < -0.39 is 0 Å². The molecule has 0 bridgehead atoms. The summed E-state index contributed by atoms with van der Waals surface area (Å²) in [4.78, 5) is 0. The number of para-hydroxylation sites is 1. The maximum atomic E-state index is 8.97. The van der Waals surface area contributed by atoms with E-state index in [-0.39, 0.29) is 12.5 Å². The second kappa shape index (κ2) is 3.88. The molecule has 76 valence electrons. The first-order valence-electron chi connectivity index (χ1n) is 4.79. The molecule has 1 N–H and O–H groups in total. The first-order chi connectivity index (χ1) is 6.81. The molecule has 0 aliphatic carbocycles. The summed E-state index contributed by atoms with van der Waals surface area (Å²) in [6.07, 6.45) is 0.822. The molecule has 14 heavy (non-hydrogen) atoms. The highest BCUT2D eigenvalue weighted by molar-refractivity contribution is 5.48. The Labute approximate surface area is 83.3 Å². The van der Waals surface area contributed by atoms with Crippen LogP contribution in [-0.4, -0.2) is 18.5 Å². The molecule has 1 atom stereocenters. The molecule has 3 nitrogen and oxygen atoms in total. The molecule has 0 spiro atoms. The first-order valence-corrected chi connectivity index (χ1v) is 4.79. The zero-order chi connectivity index (χ0) is 9.97. The van der Waals surface area contributed by atoms with Crippen LogP contribution in [0.3, 0.4) is 0 Å². The fourth-order valence-corrected chi connectivity index (χ4v) is 1.59. The number of ether oxygens (including phenoxy) is 2. The third kappa shape index (κ3) is 1.68. The van der Waals surface area contributed by atoms with Gasteiger partial charge in [-0.05, 0) is 24.0 Å². The Morgan fingerprint density at radius 3 is 3.07 bits per heavy atom. The quantitative estimate of drug-likeness (QED) is 0.794. The van der Waals surface area contributed by atoms with E-state index in [1.807, 2.05) is 25.1 Å². The van der Waals surface area contributed by atoms with E-state index in [0.717, 1.165) is 23.5 Å². The lowest BCUT2D eigenvalue weighted by Crippen LogP contribution is -2.05. The zero-order valence-electron chi connectivity index (χ0n) is 8.19. The Kier molecular flexibility index (Phi) is 2.59. The fraction of sp³-hybridized carbons (Fsp3) is 0.455. The third-order valence-corrected chi connectivity index (χ3v) is 2.36. The van der Waals surface area contributed by atoms with Gasteiger partial charge in [-0.2, -0.15) is 0 Å². The van der Waals surface area contributed by atoms with Crippen LogP contribution in [0.4, 0.5) is 0 Å². The average Bonchev–Trinajstić information content (AvgIpc) is 2.66. The van der Waals surface area contributed by atoms with E-state index in [0.29, 0.717) is 6.79 Å². The van der Waals surface area contributed by atoms with Crippen LogP contribution in [0.25, 0.3) is 0 Å². The number of hydrogen-bond donors (Lipinski definition) is 1. The standard InChI is InChI=1S/C11H14O3/c1-8(6-12)5-9-3-2-4-10-11(9)14-7-13-10/h2-4,8,12H,5-7H2,1H3/t8-/m1/s1. The molecule has 2 rings (SSSR count). The molecular formula is C11H14O3. The van der Waals surface area contributed by atoms with Crippen LogP contribution in [-0.2, 0) is 6.42 Å². The third-order valence-electron chi connectivity index (χ3n) is 2.36. The first kappa shape index (κ1) is 9.34. The Hall–Kier alpha value is -1.22. The smallest absolute Gasteiger partial charge is 0.231 e. The molecule has 0 radical (unpaired) electrons. The molecule has 0 saturated heterocycles. The minimum absolute atomic E-state index is 0.199. The maximum Gasteiger partial charge on any atom is 0.231 e. The summed E-state index contributed by atoms with van der Waals surface area (Å²) in [5.41, 5.74) is 1.11. The van der Waals surface area contributed by atoms with Gasteiger partial charge in [0.1, 0.15) is 0 Å². The molecule has 0 saturated carbocycles. The van der Waals surface area contributed by atoms with Crippen LogP contribution in [0, 0.1) is 5.92 Å². The predicted molar refractivity (Wildman–Crippen MR) is 52.5 cm³/mol. The van der Waals surface area contributed by atoms with Gasteiger partial charge in [-0.25, -0.2) is 0 Å². The summed E-state index contributed by atoms with van der Waals surface area (Å²) in [7, 11) is 0. The van der Waals surface area contributed by atoms with Crippen molar-refractivity contribution < 1.29 is 14.6 Å². The number of aliphatic hydroxyl groups is 1. The lowest BCUT2D eigenvalue weighted by atomic mass is 10.0. The van der Waals surface area contributed by atoms with Gasteiger partial charge in [0.15, 0.2) is 11.5 Å². The van der Waals surface area contributed by atoms with Gasteiger partial charge in [-0.3, -0.25) is 0 Å². The molecule has 3 heteroatoms. The number of benzene rings is 1. The van der Waals surface area contributed by atoms with Crippen molar-refractivity contribution in [1.29, 1.82) is 0 Å². The van der Waals surface area contributed by atoms with Gasteiger partial charge in [0, 0.05) is 6.61 Å². The van der Waals surface area contributed by atoms with E-state index in [9.17, 15) is 0 Å². The summed E-state index contributed by atoms with van der Waals surface area (Å²) in [6.45, 7) is 2.51. The highest BCUT2D eigenvalue weighted by Gasteiger charge is 2.17. The van der Waals surface area contributed by atoms with E-state index >= 15 is 0 Å². The van der Waals surface area contributed by atoms with E-state index in [2.05, 4.69) is 0 Å². The molecule has 1 aromatic carbocycles. The molecule has 0 fully saturated rings. The zero-order valence-corrected chi connectivity index (χ0v) is 8.19. The summed E-state index contributed by atoms with van der Waals surface area (Å²) in [5.74, 6) is 1.91. The highest BCUT2D eigenvalue weighted by Crippen LogP contribution is 2.36. The lowest BCUT2D eigenvalue weighted by Gasteiger charge is -2.09. The Balaban J connectivity index is 2.22. The fourth-order valence-electron chi connectivity index (χ4n) is 1.59. The molecule has 0 aromatic heterocycles. The molecular weight excluding hydrogens is 180 g/mol. The van der Waals surface area contributed by atoms with Crippen LogP contribution >= 0.6 is 0 Å². The van der Waals surface area contributed by atoms with Crippen molar-refractivity contribution in [2.75, 3.05) is 13.4 Å². The molecule has 1 heterocycles. The maximum absolute atomic E-state index is 8.97. The summed E-state index contributed by atoms with van der Waals surface area (Å²) in [6, 6.07) is 5.86. The van der Waals surface area contributed by atoms with E-state index in [1.165, 1.54) is 0 Å². The Bertz CT molecular complexity index is 322. The summed E-state index contributed by atoms with van der Waals surface area (Å²) >= 11 is 0. The van der Waals surface area contributed by atoms with Crippen molar-refractivity contribution in [3.05, 3.63) is 23.8 Å². The topological polar surface area (TPSA) is 38.7 Å². The number of rotatable bonds is 3. The van der Waals surface area contributed by atoms with Gasteiger partial charge < -0.3 is 14.6 Å². The number of fused-ring (bicyclic) bond motifs is 1. The van der Waals surface area contributed by atoms with Crippen molar-refractivity contribution in [3.63, 3.8) is 0 Å². The van der Waals surface area contributed by atoms with Gasteiger partial charge >= 0.3 is 0 Å². The van der Waals surface area contributed by atoms with Crippen molar-refractivity contribution in [3.8, 4) is 11.5 Å². The van der Waals surface area contributed by atoms with Gasteiger partial charge in [-0.1, -0.05) is 19.1 Å². The van der Waals surface area contributed by atoms with Crippen molar-refractivity contribution in [2.24, 2.45) is 5.92 Å². The Morgan fingerprint density at radius 1 is 1.43 bits per heavy atom. The van der Waals surface area contributed by atoms with Gasteiger partial charge in [0.25, 0.3) is 0 Å². The average molecular weight is 194 g/mol. The summed E-state index contributed by atoms with van der Waals surface area (Å²) < 4.78 is 10.6. The number of aliphatic hydroxyl groups excluding tert-OH is 1. The van der Waals surface area contributed by atoms with Crippen LogP contribution in [0.5, 0.6) is 11.5 Å². The van der Waals surface area contributed by atoms with Gasteiger partial charge in [-0.15, -0.1) is 0 Å².